The maximum absolute atomic E-state index is 10.9. The van der Waals surface area contributed by atoms with Crippen LogP contribution in [-0.2, 0) is 0 Å². The number of carbonyl (C=O) groups is 1. The Balaban J connectivity index is 0.000000704. The molecular weight excluding hydrogens is 252 g/mol. The van der Waals surface area contributed by atoms with Crippen LogP contribution in [0.1, 0.15) is 10.4 Å². The molecule has 4 nitrogen and oxygen atoms in total. The Morgan fingerprint density at radius 2 is 1.75 bits per heavy atom. The van der Waals surface area contributed by atoms with E-state index >= 15 is 0 Å². The highest BCUT2D eigenvalue weighted by atomic mass is 16.2. The molecule has 0 amide bonds. The molecule has 0 bridgehead atoms. The van der Waals surface area contributed by atoms with Crippen molar-refractivity contribution in [2.24, 2.45) is 0 Å². The van der Waals surface area contributed by atoms with Crippen LogP contribution >= 0.6 is 0 Å². The maximum atomic E-state index is 10.9. The molecule has 20 heavy (non-hydrogen) atoms. The van der Waals surface area contributed by atoms with Gasteiger partial charge in [-0.15, -0.1) is 0 Å². The molecule has 0 saturated heterocycles. The zero-order valence-electron chi connectivity index (χ0n) is 11.0. The number of nitrogens with zero attached hydrogens (tertiary/aromatic N) is 2. The third-order valence-corrected chi connectivity index (χ3v) is 2.84. The highest BCUT2D eigenvalue weighted by molar-refractivity contribution is 5.95. The Labute approximate surface area is 116 Å². The maximum Gasteiger partial charge on any atom is 0.150 e. The third kappa shape index (κ3) is 2.70. The van der Waals surface area contributed by atoms with Crippen molar-refractivity contribution in [3.05, 3.63) is 60.4 Å². The minimum Gasteiger partial charge on any atom is -0.400 e. The Morgan fingerprint density at radius 1 is 1.00 bits per heavy atom. The van der Waals surface area contributed by atoms with Gasteiger partial charge in [-0.1, -0.05) is 30.3 Å². The molecule has 0 atom stereocenters. The summed E-state index contributed by atoms with van der Waals surface area (Å²) in [6, 6.07) is 15.3. The van der Waals surface area contributed by atoms with E-state index in [9.17, 15) is 4.79 Å². The normalized spacial score (nSPS) is 9.70. The molecule has 4 heteroatoms. The van der Waals surface area contributed by atoms with E-state index in [1.54, 1.807) is 12.4 Å². The first-order chi connectivity index (χ1) is 9.88. The fraction of sp³-hybridized carbons (Fsp3) is 0.0625. The first-order valence-electron chi connectivity index (χ1n) is 6.08. The summed E-state index contributed by atoms with van der Waals surface area (Å²) in [6.07, 6.45) is 2.38. The summed E-state index contributed by atoms with van der Waals surface area (Å²) in [5, 5.41) is 7.90. The average molecular weight is 266 g/mol. The molecule has 1 aromatic heterocycles. The summed E-state index contributed by atoms with van der Waals surface area (Å²) < 4.78 is 0. The summed E-state index contributed by atoms with van der Waals surface area (Å²) in [5.41, 5.74) is 3.35. The fourth-order valence-electron chi connectivity index (χ4n) is 1.97. The number of aliphatic hydroxyl groups excluding tert-OH is 1. The highest BCUT2D eigenvalue weighted by Gasteiger charge is 2.06. The van der Waals surface area contributed by atoms with Gasteiger partial charge in [0, 0.05) is 23.6 Å². The fourth-order valence-corrected chi connectivity index (χ4v) is 1.97. The molecule has 100 valence electrons. The van der Waals surface area contributed by atoms with Gasteiger partial charge in [-0.25, -0.2) is 9.97 Å². The lowest BCUT2D eigenvalue weighted by Crippen LogP contribution is -1.90. The SMILES string of the molecule is CO.O=Cc1ccc2ncnc(-c3ccccc3)c2c1. The van der Waals surface area contributed by atoms with Gasteiger partial charge in [-0.3, -0.25) is 4.79 Å². The molecule has 0 aliphatic carbocycles. The molecule has 0 aliphatic heterocycles. The monoisotopic (exact) mass is 266 g/mol. The van der Waals surface area contributed by atoms with Gasteiger partial charge in [-0.2, -0.15) is 0 Å². The first kappa shape index (κ1) is 13.8. The second kappa shape index (κ2) is 6.54. The smallest absolute Gasteiger partial charge is 0.150 e. The zero-order chi connectivity index (χ0) is 14.4. The third-order valence-electron chi connectivity index (χ3n) is 2.84. The van der Waals surface area contributed by atoms with E-state index in [0.717, 1.165) is 35.6 Å². The molecule has 0 spiro atoms. The summed E-state index contributed by atoms with van der Waals surface area (Å²) in [5.74, 6) is 0. The van der Waals surface area contributed by atoms with Crippen LogP contribution in [0.3, 0.4) is 0 Å². The lowest BCUT2D eigenvalue weighted by Gasteiger charge is -2.05. The van der Waals surface area contributed by atoms with Crippen molar-refractivity contribution >= 4 is 17.2 Å². The van der Waals surface area contributed by atoms with Gasteiger partial charge in [0.2, 0.25) is 0 Å². The van der Waals surface area contributed by atoms with Crippen LogP contribution in [0.5, 0.6) is 0 Å². The highest BCUT2D eigenvalue weighted by Crippen LogP contribution is 2.25. The van der Waals surface area contributed by atoms with Gasteiger partial charge < -0.3 is 5.11 Å². The summed E-state index contributed by atoms with van der Waals surface area (Å²) in [4.78, 5) is 19.4. The van der Waals surface area contributed by atoms with E-state index in [2.05, 4.69) is 9.97 Å². The van der Waals surface area contributed by atoms with Crippen molar-refractivity contribution in [3.8, 4) is 11.3 Å². The van der Waals surface area contributed by atoms with Crippen molar-refractivity contribution in [1.82, 2.24) is 9.97 Å². The Hall–Kier alpha value is -2.59. The van der Waals surface area contributed by atoms with Gasteiger partial charge in [0.15, 0.2) is 0 Å². The zero-order valence-corrected chi connectivity index (χ0v) is 11.0. The molecule has 1 heterocycles. The molecule has 2 aromatic carbocycles. The quantitative estimate of drug-likeness (QED) is 0.724. The molecule has 0 aliphatic rings. The molecular formula is C16H14N2O2. The predicted octanol–water partition coefficient (Wildman–Crippen LogP) is 2.72. The summed E-state index contributed by atoms with van der Waals surface area (Å²) in [7, 11) is 1.00. The Bertz CT molecular complexity index is 712. The molecule has 1 N–H and O–H groups in total. The molecule has 0 fully saturated rings. The van der Waals surface area contributed by atoms with Crippen molar-refractivity contribution in [3.63, 3.8) is 0 Å². The van der Waals surface area contributed by atoms with E-state index in [-0.39, 0.29) is 0 Å². The van der Waals surface area contributed by atoms with Crippen LogP contribution < -0.4 is 0 Å². The second-order valence-corrected chi connectivity index (χ2v) is 3.98. The van der Waals surface area contributed by atoms with Crippen molar-refractivity contribution < 1.29 is 9.90 Å². The molecule has 0 unspecified atom stereocenters. The lowest BCUT2D eigenvalue weighted by atomic mass is 10.0. The van der Waals surface area contributed by atoms with E-state index < -0.39 is 0 Å². The van der Waals surface area contributed by atoms with Crippen LogP contribution in [0.4, 0.5) is 0 Å². The molecule has 3 aromatic rings. The van der Waals surface area contributed by atoms with Gasteiger partial charge in [-0.05, 0) is 18.2 Å². The number of aliphatic hydroxyl groups is 1. The predicted molar refractivity (Wildman–Crippen MR) is 78.5 cm³/mol. The number of aldehydes is 1. The number of aromatic nitrogens is 2. The minimum absolute atomic E-state index is 0.634. The Kier molecular flexibility index (Phi) is 4.52. The van der Waals surface area contributed by atoms with Gasteiger partial charge >= 0.3 is 0 Å². The van der Waals surface area contributed by atoms with E-state index in [4.69, 9.17) is 5.11 Å². The van der Waals surface area contributed by atoms with Crippen LogP contribution in [0.15, 0.2) is 54.9 Å². The topological polar surface area (TPSA) is 63.1 Å². The van der Waals surface area contributed by atoms with Crippen LogP contribution in [0.25, 0.3) is 22.2 Å². The Morgan fingerprint density at radius 3 is 2.45 bits per heavy atom. The van der Waals surface area contributed by atoms with Crippen molar-refractivity contribution in [1.29, 1.82) is 0 Å². The van der Waals surface area contributed by atoms with Gasteiger partial charge in [0.1, 0.15) is 12.6 Å². The van der Waals surface area contributed by atoms with E-state index in [1.165, 1.54) is 0 Å². The number of rotatable bonds is 2. The lowest BCUT2D eigenvalue weighted by molar-refractivity contribution is 0.112. The van der Waals surface area contributed by atoms with E-state index in [0.29, 0.717) is 5.56 Å². The number of hydrogen-bond acceptors (Lipinski definition) is 4. The minimum atomic E-state index is 0.634. The molecule has 0 radical (unpaired) electrons. The number of benzene rings is 2. The summed E-state index contributed by atoms with van der Waals surface area (Å²) in [6.45, 7) is 0. The first-order valence-corrected chi connectivity index (χ1v) is 6.08. The average Bonchev–Trinajstić information content (AvgIpc) is 2.56. The van der Waals surface area contributed by atoms with E-state index in [1.807, 2.05) is 42.5 Å². The van der Waals surface area contributed by atoms with Crippen LogP contribution in [-0.4, -0.2) is 28.5 Å². The van der Waals surface area contributed by atoms with Crippen LogP contribution in [0.2, 0.25) is 0 Å². The van der Waals surface area contributed by atoms with Crippen molar-refractivity contribution in [2.45, 2.75) is 0 Å². The molecule has 0 saturated carbocycles. The summed E-state index contributed by atoms with van der Waals surface area (Å²) >= 11 is 0. The number of hydrogen-bond donors (Lipinski definition) is 1. The molecule has 3 rings (SSSR count). The number of carbonyl (C=O) groups excluding carboxylic acids is 1. The van der Waals surface area contributed by atoms with Crippen molar-refractivity contribution in [2.75, 3.05) is 7.11 Å². The standard InChI is InChI=1S/C15H10N2O.CH4O/c18-9-11-6-7-14-13(8-11)15(17-10-16-14)12-4-2-1-3-5-12;1-2/h1-10H;2H,1H3. The second-order valence-electron chi connectivity index (χ2n) is 3.98. The van der Waals surface area contributed by atoms with Gasteiger partial charge in [0.05, 0.1) is 11.2 Å². The largest absolute Gasteiger partial charge is 0.400 e. The van der Waals surface area contributed by atoms with Gasteiger partial charge in [0.25, 0.3) is 0 Å². The number of fused-ring (bicyclic) bond motifs is 1. The van der Waals surface area contributed by atoms with Crippen LogP contribution in [0, 0.1) is 0 Å².